The topological polar surface area (TPSA) is 72.2 Å². The molecule has 0 saturated heterocycles. The second kappa shape index (κ2) is 5.33. The number of halogens is 4. The quantitative estimate of drug-likeness (QED) is 0.643. The van der Waals surface area contributed by atoms with Crippen LogP contribution in [0.3, 0.4) is 0 Å². The molecule has 0 saturated carbocycles. The Morgan fingerprint density at radius 1 is 1.37 bits per heavy atom. The predicted molar refractivity (Wildman–Crippen MR) is 61.7 cm³/mol. The first-order chi connectivity index (χ1) is 8.56. The predicted octanol–water partition coefficient (Wildman–Crippen LogP) is 1.76. The number of nitrogens with one attached hydrogen (secondary N) is 1. The maximum absolute atomic E-state index is 12.6. The van der Waals surface area contributed by atoms with Crippen molar-refractivity contribution in [2.45, 2.75) is 24.2 Å². The molecule has 0 amide bonds. The fraction of sp³-hybridized carbons (Fsp3) is 0.400. The molecule has 0 aromatic heterocycles. The third-order valence-electron chi connectivity index (χ3n) is 2.38. The first kappa shape index (κ1) is 15.7. The molecule has 0 radical (unpaired) electrons. The smallest absolute Gasteiger partial charge is 0.320 e. The van der Waals surface area contributed by atoms with E-state index >= 15 is 0 Å². The number of anilines is 1. The summed E-state index contributed by atoms with van der Waals surface area (Å²) in [6, 6.07) is 3.60. The molecule has 9 heteroatoms. The number of aryl methyl sites for hydroxylation is 1. The highest BCUT2D eigenvalue weighted by molar-refractivity contribution is 7.89. The van der Waals surface area contributed by atoms with Crippen molar-refractivity contribution in [3.05, 3.63) is 23.8 Å². The normalized spacial score (nSPS) is 12.9. The van der Waals surface area contributed by atoms with E-state index in [4.69, 9.17) is 5.73 Å². The molecule has 0 fully saturated rings. The molecule has 0 atom stereocenters. The summed E-state index contributed by atoms with van der Waals surface area (Å²) in [6.07, 6.45) is -3.95. The van der Waals surface area contributed by atoms with Gasteiger partial charge in [0, 0.05) is 5.69 Å². The van der Waals surface area contributed by atoms with E-state index in [1.165, 1.54) is 10.8 Å². The van der Waals surface area contributed by atoms with Crippen LogP contribution in [0.1, 0.15) is 5.56 Å². The van der Waals surface area contributed by atoms with Crippen molar-refractivity contribution < 1.29 is 26.0 Å². The lowest BCUT2D eigenvalue weighted by atomic mass is 10.2. The molecule has 0 aliphatic heterocycles. The number of nitrogen functional groups attached to an aromatic ring is 1. The van der Waals surface area contributed by atoms with Crippen LogP contribution in [-0.2, 0) is 10.0 Å². The Kier molecular flexibility index (Phi) is 4.41. The van der Waals surface area contributed by atoms with E-state index in [0.717, 1.165) is 12.1 Å². The zero-order valence-corrected chi connectivity index (χ0v) is 10.6. The van der Waals surface area contributed by atoms with E-state index < -0.39 is 28.9 Å². The Labute approximate surface area is 107 Å². The summed E-state index contributed by atoms with van der Waals surface area (Å²) < 4.78 is 73.7. The number of alkyl halides is 4. The molecule has 3 N–H and O–H groups in total. The highest BCUT2D eigenvalue weighted by atomic mass is 32.2. The molecule has 1 aromatic carbocycles. The van der Waals surface area contributed by atoms with Crippen LogP contribution in [-0.4, -0.2) is 27.3 Å². The van der Waals surface area contributed by atoms with E-state index in [0.29, 0.717) is 5.56 Å². The van der Waals surface area contributed by atoms with Crippen LogP contribution < -0.4 is 10.5 Å². The molecule has 108 valence electrons. The summed E-state index contributed by atoms with van der Waals surface area (Å²) in [6.45, 7) is -0.0507. The summed E-state index contributed by atoms with van der Waals surface area (Å²) in [5.74, 6) is -4.43. The van der Waals surface area contributed by atoms with Crippen molar-refractivity contribution in [3.63, 3.8) is 0 Å². The van der Waals surface area contributed by atoms with Crippen molar-refractivity contribution in [2.75, 3.05) is 12.3 Å². The second-order valence-electron chi connectivity index (χ2n) is 3.90. The van der Waals surface area contributed by atoms with Gasteiger partial charge in [0.25, 0.3) is 0 Å². The molecule has 19 heavy (non-hydrogen) atoms. The Hall–Kier alpha value is -1.35. The van der Waals surface area contributed by atoms with E-state index in [2.05, 4.69) is 0 Å². The van der Waals surface area contributed by atoms with Gasteiger partial charge in [-0.25, -0.2) is 21.9 Å². The summed E-state index contributed by atoms with van der Waals surface area (Å²) in [5.41, 5.74) is 6.25. The maximum atomic E-state index is 12.6. The third-order valence-corrected chi connectivity index (χ3v) is 3.78. The average Bonchev–Trinajstić information content (AvgIpc) is 2.30. The highest BCUT2D eigenvalue weighted by Gasteiger charge is 2.41. The van der Waals surface area contributed by atoms with Crippen molar-refractivity contribution in [1.29, 1.82) is 0 Å². The van der Waals surface area contributed by atoms with Gasteiger partial charge in [-0.1, -0.05) is 6.07 Å². The molecule has 0 aliphatic rings. The molecule has 0 aliphatic carbocycles. The van der Waals surface area contributed by atoms with Gasteiger partial charge in [-0.2, -0.15) is 8.78 Å². The zero-order valence-electron chi connectivity index (χ0n) is 9.83. The SMILES string of the molecule is Cc1ccc(S(=O)(=O)NCC(F)(F)C(F)F)cc1N. The number of nitrogens with two attached hydrogens (primary N) is 1. The Morgan fingerprint density at radius 2 is 1.95 bits per heavy atom. The number of benzene rings is 1. The van der Waals surface area contributed by atoms with Crippen LogP contribution in [0, 0.1) is 6.92 Å². The minimum Gasteiger partial charge on any atom is -0.398 e. The lowest BCUT2D eigenvalue weighted by Crippen LogP contribution is -2.41. The van der Waals surface area contributed by atoms with Gasteiger partial charge < -0.3 is 5.73 Å². The number of hydrogen-bond acceptors (Lipinski definition) is 3. The number of hydrogen-bond donors (Lipinski definition) is 2. The van der Waals surface area contributed by atoms with Gasteiger partial charge in [0.05, 0.1) is 11.4 Å². The minimum absolute atomic E-state index is 0.156. The standard InChI is InChI=1S/C10H12F4N2O2S/c1-6-2-3-7(4-8(6)15)19(17,18)16-5-10(13,14)9(11)12/h2-4,9,16H,5,15H2,1H3. The van der Waals surface area contributed by atoms with Crippen molar-refractivity contribution in [3.8, 4) is 0 Å². The summed E-state index contributed by atoms with van der Waals surface area (Å²) in [4.78, 5) is -0.360. The van der Waals surface area contributed by atoms with Crippen LogP contribution in [0.15, 0.2) is 23.1 Å². The summed E-state index contributed by atoms with van der Waals surface area (Å²) in [7, 11) is -4.31. The summed E-state index contributed by atoms with van der Waals surface area (Å²) >= 11 is 0. The fourth-order valence-electron chi connectivity index (χ4n) is 1.14. The van der Waals surface area contributed by atoms with Gasteiger partial charge in [-0.05, 0) is 24.6 Å². The highest BCUT2D eigenvalue weighted by Crippen LogP contribution is 2.23. The van der Waals surface area contributed by atoms with Gasteiger partial charge in [-0.3, -0.25) is 0 Å². The van der Waals surface area contributed by atoms with Crippen LogP contribution in [0.4, 0.5) is 23.2 Å². The second-order valence-corrected chi connectivity index (χ2v) is 5.67. The first-order valence-corrected chi connectivity index (χ1v) is 6.56. The van der Waals surface area contributed by atoms with Crippen LogP contribution in [0.25, 0.3) is 0 Å². The maximum Gasteiger partial charge on any atom is 0.320 e. The molecule has 0 unspecified atom stereocenters. The van der Waals surface area contributed by atoms with E-state index in [-0.39, 0.29) is 10.6 Å². The van der Waals surface area contributed by atoms with Crippen molar-refractivity contribution >= 4 is 15.7 Å². The average molecular weight is 300 g/mol. The largest absolute Gasteiger partial charge is 0.398 e. The molecular weight excluding hydrogens is 288 g/mol. The first-order valence-electron chi connectivity index (χ1n) is 5.08. The molecule has 4 nitrogen and oxygen atoms in total. The summed E-state index contributed by atoms with van der Waals surface area (Å²) in [5, 5.41) is 0. The zero-order chi connectivity index (χ0) is 14.8. The minimum atomic E-state index is -4.43. The molecular formula is C10H12F4N2O2S. The molecule has 0 bridgehead atoms. The Morgan fingerprint density at radius 3 is 2.42 bits per heavy atom. The van der Waals surface area contributed by atoms with Gasteiger partial charge in [-0.15, -0.1) is 0 Å². The third kappa shape index (κ3) is 3.80. The van der Waals surface area contributed by atoms with Crippen LogP contribution in [0.2, 0.25) is 0 Å². The van der Waals surface area contributed by atoms with Crippen molar-refractivity contribution in [1.82, 2.24) is 4.72 Å². The molecule has 1 rings (SSSR count). The van der Waals surface area contributed by atoms with Gasteiger partial charge in [0.2, 0.25) is 10.0 Å². The van der Waals surface area contributed by atoms with Crippen LogP contribution >= 0.6 is 0 Å². The molecule has 0 spiro atoms. The van der Waals surface area contributed by atoms with Crippen molar-refractivity contribution in [2.24, 2.45) is 0 Å². The number of sulfonamides is 1. The number of rotatable bonds is 5. The van der Waals surface area contributed by atoms with E-state index in [1.807, 2.05) is 0 Å². The molecule has 1 aromatic rings. The Bertz CT molecular complexity index is 561. The van der Waals surface area contributed by atoms with E-state index in [9.17, 15) is 26.0 Å². The lowest BCUT2D eigenvalue weighted by Gasteiger charge is -2.16. The van der Waals surface area contributed by atoms with Gasteiger partial charge >= 0.3 is 12.3 Å². The monoisotopic (exact) mass is 300 g/mol. The fourth-order valence-corrected chi connectivity index (χ4v) is 2.22. The van der Waals surface area contributed by atoms with E-state index in [1.54, 1.807) is 6.92 Å². The Balaban J connectivity index is 2.90. The van der Waals surface area contributed by atoms with Gasteiger partial charge in [0.15, 0.2) is 0 Å². The molecule has 0 heterocycles. The van der Waals surface area contributed by atoms with Gasteiger partial charge in [0.1, 0.15) is 0 Å². The lowest BCUT2D eigenvalue weighted by molar-refractivity contribution is -0.122. The van der Waals surface area contributed by atoms with Crippen LogP contribution in [0.5, 0.6) is 0 Å².